The second kappa shape index (κ2) is 35.3. The van der Waals surface area contributed by atoms with Crippen LogP contribution in [-0.4, -0.2) is 79.4 Å². The Morgan fingerprint density at radius 1 is 0.217 bits per heavy atom. The van der Waals surface area contributed by atoms with Gasteiger partial charge < -0.3 is 0 Å². The number of halogens is 6. The summed E-state index contributed by atoms with van der Waals surface area (Å²) < 4.78 is 0. The van der Waals surface area contributed by atoms with Gasteiger partial charge in [-0.2, -0.15) is 59.8 Å². The maximum Gasteiger partial charge on any atom is 0.238 e. The van der Waals surface area contributed by atoms with Crippen molar-refractivity contribution in [1.82, 2.24) is 59.8 Å². The summed E-state index contributed by atoms with van der Waals surface area (Å²) >= 11 is 38.7. The molecular formula is C48H75Cl6N15. The molecule has 0 fully saturated rings. The molecule has 4 rings (SSSR count). The molecule has 15 nitrogen and oxygen atoms in total. The van der Waals surface area contributed by atoms with Crippen molar-refractivity contribution in [3.63, 3.8) is 0 Å². The molecule has 0 spiro atoms. The Labute approximate surface area is 441 Å². The molecule has 0 saturated heterocycles. The first-order valence-corrected chi connectivity index (χ1v) is 28.2. The van der Waals surface area contributed by atoms with E-state index in [0.717, 1.165) is 77.0 Å². The molecule has 0 bridgehead atoms. The van der Waals surface area contributed by atoms with Crippen LogP contribution in [0, 0.1) is 0 Å². The van der Waals surface area contributed by atoms with Crippen molar-refractivity contribution in [2.45, 2.75) is 213 Å². The van der Waals surface area contributed by atoms with Crippen molar-refractivity contribution < 1.29 is 0 Å². The van der Waals surface area contributed by atoms with Gasteiger partial charge in [-0.15, -0.1) is 0 Å². The highest BCUT2D eigenvalue weighted by Gasteiger charge is 2.27. The number of rotatable bonds is 39. The Balaban J connectivity index is 1.75. The summed E-state index contributed by atoms with van der Waals surface area (Å²) in [6.45, 7) is 8.02. The fourth-order valence-electron chi connectivity index (χ4n) is 8.16. The minimum Gasteiger partial charge on any atom is -0.278 e. The molecule has 0 aliphatic heterocycles. The van der Waals surface area contributed by atoms with Crippen molar-refractivity contribution in [2.24, 2.45) is 0 Å². The van der Waals surface area contributed by atoms with E-state index in [1.807, 2.05) is 0 Å². The maximum absolute atomic E-state index is 6.45. The Kier molecular flexibility index (Phi) is 30.1. The van der Waals surface area contributed by atoms with E-state index in [2.05, 4.69) is 65.6 Å². The van der Waals surface area contributed by atoms with E-state index in [-0.39, 0.29) is 67.4 Å². The standard InChI is InChI=1S/C48H75Cl6N15/c1-4-7-10-13-16-19-22-25-28-31-34-67(43-58-37(49)55-38(50)59-43)46-64-47(68(44-60-39(51)56-40(52)61-44)35-32-29-26-23-20-17-14-11-8-5-2)66-48(65-46)69(45-62-41(53)57-42(54)63-45)36-33-30-27-24-21-18-15-12-9-6-3/h4-36H2,1-3H3. The molecule has 0 unspecified atom stereocenters. The summed E-state index contributed by atoms with van der Waals surface area (Å²) in [5.41, 5.74) is 0. The van der Waals surface area contributed by atoms with Crippen LogP contribution in [0.5, 0.6) is 0 Å². The van der Waals surface area contributed by atoms with Crippen LogP contribution >= 0.6 is 69.6 Å². The lowest BCUT2D eigenvalue weighted by atomic mass is 10.1. The number of hydrogen-bond donors (Lipinski definition) is 0. The van der Waals surface area contributed by atoms with Crippen molar-refractivity contribution >= 4 is 105 Å². The van der Waals surface area contributed by atoms with Gasteiger partial charge in [-0.3, -0.25) is 14.7 Å². The van der Waals surface area contributed by atoms with Crippen molar-refractivity contribution in [1.29, 1.82) is 0 Å². The van der Waals surface area contributed by atoms with Gasteiger partial charge in [-0.1, -0.05) is 194 Å². The van der Waals surface area contributed by atoms with E-state index in [1.165, 1.54) is 116 Å². The third kappa shape index (κ3) is 23.5. The summed E-state index contributed by atoms with van der Waals surface area (Å²) in [6, 6.07) is 0. The lowest BCUT2D eigenvalue weighted by molar-refractivity contribution is 0.555. The van der Waals surface area contributed by atoms with Crippen molar-refractivity contribution in [2.75, 3.05) is 34.3 Å². The molecule has 4 aromatic heterocycles. The monoisotopic (exact) mass is 1070 g/mol. The number of aromatic nitrogens is 12. The van der Waals surface area contributed by atoms with E-state index in [1.54, 1.807) is 14.7 Å². The Morgan fingerprint density at radius 3 is 0.565 bits per heavy atom. The average molecular weight is 1070 g/mol. The molecule has 69 heavy (non-hydrogen) atoms. The highest BCUT2D eigenvalue weighted by Crippen LogP contribution is 2.32. The zero-order valence-electron chi connectivity index (χ0n) is 41.3. The van der Waals surface area contributed by atoms with Crippen LogP contribution in [0.25, 0.3) is 0 Å². The second-order valence-electron chi connectivity index (χ2n) is 17.8. The first kappa shape index (κ1) is 58.7. The molecule has 0 aliphatic carbocycles. The summed E-state index contributed by atoms with van der Waals surface area (Å²) in [5, 5.41) is -0.407. The Bertz CT molecular complexity index is 1730. The van der Waals surface area contributed by atoms with Crippen LogP contribution in [0.3, 0.4) is 0 Å². The average Bonchev–Trinajstić information content (AvgIpc) is 3.30. The van der Waals surface area contributed by atoms with E-state index >= 15 is 0 Å². The fourth-order valence-corrected chi connectivity index (χ4v) is 9.22. The summed E-state index contributed by atoms with van der Waals surface area (Å²) in [4.78, 5) is 60.0. The van der Waals surface area contributed by atoms with Crippen LogP contribution in [0.4, 0.5) is 35.7 Å². The van der Waals surface area contributed by atoms with E-state index in [0.29, 0.717) is 19.6 Å². The Morgan fingerprint density at radius 2 is 0.377 bits per heavy atom. The molecule has 4 aromatic rings. The van der Waals surface area contributed by atoms with E-state index in [4.69, 9.17) is 84.6 Å². The smallest absolute Gasteiger partial charge is 0.238 e. The number of nitrogens with zero attached hydrogens (tertiary/aromatic N) is 15. The van der Waals surface area contributed by atoms with Crippen molar-refractivity contribution in [3.05, 3.63) is 31.7 Å². The largest absolute Gasteiger partial charge is 0.278 e. The molecule has 0 atom stereocenters. The molecule has 384 valence electrons. The zero-order valence-corrected chi connectivity index (χ0v) is 45.8. The molecule has 0 radical (unpaired) electrons. The molecule has 21 heteroatoms. The molecule has 0 amide bonds. The Hall–Kier alpha value is -2.82. The normalized spacial score (nSPS) is 11.4. The van der Waals surface area contributed by atoms with Gasteiger partial charge in [0.15, 0.2) is 0 Å². The van der Waals surface area contributed by atoms with Crippen LogP contribution in [0.2, 0.25) is 31.7 Å². The van der Waals surface area contributed by atoms with Gasteiger partial charge >= 0.3 is 0 Å². The highest BCUT2D eigenvalue weighted by atomic mass is 35.5. The van der Waals surface area contributed by atoms with Gasteiger partial charge in [0.2, 0.25) is 67.4 Å². The van der Waals surface area contributed by atoms with Gasteiger partial charge in [0.25, 0.3) is 0 Å². The van der Waals surface area contributed by atoms with Crippen molar-refractivity contribution in [3.8, 4) is 0 Å². The predicted octanol–water partition coefficient (Wildman–Crippen LogP) is 16.5. The third-order valence-corrected chi connectivity index (χ3v) is 13.0. The summed E-state index contributed by atoms with van der Waals surface area (Å²) in [6.07, 6.45) is 34.7. The number of unbranched alkanes of at least 4 members (excludes halogenated alkanes) is 27. The molecule has 0 aliphatic rings. The van der Waals surface area contributed by atoms with E-state index < -0.39 is 0 Å². The van der Waals surface area contributed by atoms with E-state index in [9.17, 15) is 0 Å². The fraction of sp³-hybridized carbons (Fsp3) is 0.750. The first-order valence-electron chi connectivity index (χ1n) is 25.9. The van der Waals surface area contributed by atoms with Crippen LogP contribution in [-0.2, 0) is 0 Å². The quantitative estimate of drug-likeness (QED) is 0.0387. The summed E-state index contributed by atoms with van der Waals surface area (Å²) in [7, 11) is 0. The lowest BCUT2D eigenvalue weighted by Crippen LogP contribution is -2.30. The topological polar surface area (TPSA) is 164 Å². The summed E-state index contributed by atoms with van der Waals surface area (Å²) in [5.74, 6) is 1.17. The number of anilines is 6. The second-order valence-corrected chi connectivity index (χ2v) is 19.8. The molecular weight excluding hydrogens is 999 g/mol. The SMILES string of the molecule is CCCCCCCCCCCCN(c1nc(Cl)nc(Cl)n1)c1nc(N(CCCCCCCCCCCC)c2nc(Cl)nc(Cl)n2)nc(N(CCCCCCCCCCCC)c2nc(Cl)nc(Cl)n2)n1. The van der Waals surface area contributed by atoms with Gasteiger partial charge in [-0.25, -0.2) is 0 Å². The molecule has 0 saturated carbocycles. The lowest BCUT2D eigenvalue weighted by Gasteiger charge is -2.27. The maximum atomic E-state index is 6.45. The minimum absolute atomic E-state index is 0.0679. The third-order valence-electron chi connectivity index (χ3n) is 12.0. The first-order chi connectivity index (χ1) is 33.6. The van der Waals surface area contributed by atoms with Crippen LogP contribution < -0.4 is 14.7 Å². The minimum atomic E-state index is -0.0679. The highest BCUT2D eigenvalue weighted by molar-refractivity contribution is 6.32. The molecule has 4 heterocycles. The zero-order chi connectivity index (χ0) is 49.5. The van der Waals surface area contributed by atoms with Gasteiger partial charge in [0.05, 0.1) is 0 Å². The predicted molar refractivity (Wildman–Crippen MR) is 286 cm³/mol. The van der Waals surface area contributed by atoms with Crippen LogP contribution in [0.1, 0.15) is 213 Å². The molecule has 0 N–H and O–H groups in total. The van der Waals surface area contributed by atoms with Gasteiger partial charge in [-0.05, 0) is 88.9 Å². The van der Waals surface area contributed by atoms with Gasteiger partial charge in [0, 0.05) is 19.6 Å². The van der Waals surface area contributed by atoms with Gasteiger partial charge in [0.1, 0.15) is 0 Å². The van der Waals surface area contributed by atoms with Crippen LogP contribution in [0.15, 0.2) is 0 Å². The molecule has 0 aromatic carbocycles. The number of hydrogen-bond acceptors (Lipinski definition) is 15.